The van der Waals surface area contributed by atoms with Crippen LogP contribution in [-0.2, 0) is 0 Å². The third kappa shape index (κ3) is 4.50. The van der Waals surface area contributed by atoms with Crippen molar-refractivity contribution in [2.24, 2.45) is 0 Å². The highest BCUT2D eigenvalue weighted by Crippen LogP contribution is 2.12. The van der Waals surface area contributed by atoms with Crippen molar-refractivity contribution >= 4 is 11.6 Å². The highest BCUT2D eigenvalue weighted by atomic mass is 16.6. The van der Waals surface area contributed by atoms with E-state index < -0.39 is 4.92 Å². The van der Waals surface area contributed by atoms with Gasteiger partial charge in [-0.3, -0.25) is 14.9 Å². The first-order valence-corrected chi connectivity index (χ1v) is 5.88. The van der Waals surface area contributed by atoms with Crippen LogP contribution in [0.4, 0.5) is 5.69 Å². The molecular formula is C12H17N3O3. The molecular weight excluding hydrogens is 234 g/mol. The van der Waals surface area contributed by atoms with E-state index in [1.54, 1.807) is 6.07 Å². The summed E-state index contributed by atoms with van der Waals surface area (Å²) in [6.45, 7) is 4.31. The van der Waals surface area contributed by atoms with Crippen LogP contribution in [-0.4, -0.2) is 30.5 Å². The summed E-state index contributed by atoms with van der Waals surface area (Å²) in [7, 11) is 0. The van der Waals surface area contributed by atoms with Crippen LogP contribution in [0.2, 0.25) is 0 Å². The Morgan fingerprint density at radius 1 is 1.39 bits per heavy atom. The average Bonchev–Trinajstić information content (AvgIpc) is 2.38. The molecule has 0 aliphatic heterocycles. The van der Waals surface area contributed by atoms with Gasteiger partial charge in [0.1, 0.15) is 0 Å². The second-order valence-corrected chi connectivity index (χ2v) is 3.77. The lowest BCUT2D eigenvalue weighted by atomic mass is 10.2. The van der Waals surface area contributed by atoms with Gasteiger partial charge >= 0.3 is 0 Å². The van der Waals surface area contributed by atoms with Gasteiger partial charge in [-0.2, -0.15) is 0 Å². The van der Waals surface area contributed by atoms with Gasteiger partial charge in [0.05, 0.1) is 4.92 Å². The van der Waals surface area contributed by atoms with Crippen molar-refractivity contribution in [3.63, 3.8) is 0 Å². The number of nitrogens with zero attached hydrogens (tertiary/aromatic N) is 1. The third-order valence-electron chi connectivity index (χ3n) is 2.39. The minimum absolute atomic E-state index is 0.0738. The first kappa shape index (κ1) is 14.1. The fraction of sp³-hybridized carbons (Fsp3) is 0.417. The molecule has 0 aliphatic rings. The predicted octanol–water partition coefficient (Wildman–Crippen LogP) is 1.32. The summed E-state index contributed by atoms with van der Waals surface area (Å²) in [5.41, 5.74) is 0.239. The summed E-state index contributed by atoms with van der Waals surface area (Å²) in [6.07, 6.45) is 0.828. The van der Waals surface area contributed by atoms with Gasteiger partial charge in [-0.1, -0.05) is 13.0 Å². The molecule has 18 heavy (non-hydrogen) atoms. The van der Waals surface area contributed by atoms with Gasteiger partial charge in [0.15, 0.2) is 0 Å². The SMILES string of the molecule is CCNCCCNC(=O)c1cccc([N+](=O)[O-])c1. The fourth-order valence-electron chi connectivity index (χ4n) is 1.45. The van der Waals surface area contributed by atoms with Crippen molar-refractivity contribution in [2.75, 3.05) is 19.6 Å². The smallest absolute Gasteiger partial charge is 0.270 e. The van der Waals surface area contributed by atoms with Crippen molar-refractivity contribution in [1.82, 2.24) is 10.6 Å². The number of rotatable bonds is 7. The Hall–Kier alpha value is -1.95. The highest BCUT2D eigenvalue weighted by molar-refractivity contribution is 5.94. The Kier molecular flexibility index (Phi) is 5.79. The summed E-state index contributed by atoms with van der Waals surface area (Å²) in [6, 6.07) is 5.71. The maximum Gasteiger partial charge on any atom is 0.270 e. The average molecular weight is 251 g/mol. The standard InChI is InChI=1S/C12H17N3O3/c1-2-13-7-4-8-14-12(16)10-5-3-6-11(9-10)15(17)18/h3,5-6,9,13H,2,4,7-8H2,1H3,(H,14,16). The lowest BCUT2D eigenvalue weighted by molar-refractivity contribution is -0.384. The molecule has 1 aromatic rings. The molecule has 0 unspecified atom stereocenters. The van der Waals surface area contributed by atoms with E-state index in [1.807, 2.05) is 6.92 Å². The van der Waals surface area contributed by atoms with Crippen LogP contribution >= 0.6 is 0 Å². The molecule has 0 radical (unpaired) electrons. The van der Waals surface area contributed by atoms with Crippen LogP contribution in [0.15, 0.2) is 24.3 Å². The molecule has 1 rings (SSSR count). The molecule has 0 bridgehead atoms. The predicted molar refractivity (Wildman–Crippen MR) is 68.6 cm³/mol. The van der Waals surface area contributed by atoms with Crippen LogP contribution in [0.25, 0.3) is 0 Å². The van der Waals surface area contributed by atoms with Gasteiger partial charge in [-0.25, -0.2) is 0 Å². The second-order valence-electron chi connectivity index (χ2n) is 3.77. The van der Waals surface area contributed by atoms with Crippen LogP contribution in [0.3, 0.4) is 0 Å². The Morgan fingerprint density at radius 3 is 2.83 bits per heavy atom. The van der Waals surface area contributed by atoms with E-state index in [1.165, 1.54) is 18.2 Å². The molecule has 0 spiro atoms. The highest BCUT2D eigenvalue weighted by Gasteiger charge is 2.10. The van der Waals surface area contributed by atoms with Crippen LogP contribution < -0.4 is 10.6 Å². The largest absolute Gasteiger partial charge is 0.352 e. The molecule has 98 valence electrons. The van der Waals surface area contributed by atoms with Gasteiger partial charge in [0.25, 0.3) is 11.6 Å². The van der Waals surface area contributed by atoms with Crippen molar-refractivity contribution in [3.8, 4) is 0 Å². The molecule has 0 aliphatic carbocycles. The van der Waals surface area contributed by atoms with Crippen molar-refractivity contribution in [3.05, 3.63) is 39.9 Å². The van der Waals surface area contributed by atoms with E-state index in [0.717, 1.165) is 19.5 Å². The Morgan fingerprint density at radius 2 is 2.17 bits per heavy atom. The third-order valence-corrected chi connectivity index (χ3v) is 2.39. The van der Waals surface area contributed by atoms with E-state index >= 15 is 0 Å². The first-order chi connectivity index (χ1) is 8.65. The van der Waals surface area contributed by atoms with Gasteiger partial charge < -0.3 is 10.6 Å². The van der Waals surface area contributed by atoms with Gasteiger partial charge in [-0.15, -0.1) is 0 Å². The number of non-ortho nitro benzene ring substituents is 1. The molecule has 0 saturated carbocycles. The number of nitrogens with one attached hydrogen (secondary N) is 2. The molecule has 6 nitrogen and oxygen atoms in total. The normalized spacial score (nSPS) is 10.1. The summed E-state index contributed by atoms with van der Waals surface area (Å²) in [4.78, 5) is 21.8. The molecule has 6 heteroatoms. The minimum atomic E-state index is -0.512. The second kappa shape index (κ2) is 7.39. The van der Waals surface area contributed by atoms with E-state index in [-0.39, 0.29) is 11.6 Å². The van der Waals surface area contributed by atoms with Crippen molar-refractivity contribution in [1.29, 1.82) is 0 Å². The van der Waals surface area contributed by atoms with E-state index in [0.29, 0.717) is 12.1 Å². The van der Waals surface area contributed by atoms with E-state index in [2.05, 4.69) is 10.6 Å². The monoisotopic (exact) mass is 251 g/mol. The summed E-state index contributed by atoms with van der Waals surface area (Å²) >= 11 is 0. The number of hydrogen-bond acceptors (Lipinski definition) is 4. The molecule has 2 N–H and O–H groups in total. The van der Waals surface area contributed by atoms with Gasteiger partial charge in [0, 0.05) is 24.2 Å². The number of carbonyl (C=O) groups is 1. The minimum Gasteiger partial charge on any atom is -0.352 e. The lowest BCUT2D eigenvalue weighted by Gasteiger charge is -2.05. The fourth-order valence-corrected chi connectivity index (χ4v) is 1.45. The van der Waals surface area contributed by atoms with Crippen LogP contribution in [0.1, 0.15) is 23.7 Å². The van der Waals surface area contributed by atoms with Gasteiger partial charge in [0.2, 0.25) is 0 Å². The zero-order valence-electron chi connectivity index (χ0n) is 10.3. The van der Waals surface area contributed by atoms with Crippen LogP contribution in [0, 0.1) is 10.1 Å². The Labute approximate surface area is 106 Å². The quantitative estimate of drug-likeness (QED) is 0.435. The number of nitro groups is 1. The maximum absolute atomic E-state index is 11.7. The number of amides is 1. The summed E-state index contributed by atoms with van der Waals surface area (Å²) in [5, 5.41) is 16.4. The molecule has 0 fully saturated rings. The maximum atomic E-state index is 11.7. The number of nitro benzene ring substituents is 1. The van der Waals surface area contributed by atoms with E-state index in [9.17, 15) is 14.9 Å². The Bertz CT molecular complexity index is 421. The van der Waals surface area contributed by atoms with Crippen LogP contribution in [0.5, 0.6) is 0 Å². The Balaban J connectivity index is 2.46. The molecule has 1 amide bonds. The molecule has 0 saturated heterocycles. The zero-order chi connectivity index (χ0) is 13.4. The summed E-state index contributed by atoms with van der Waals surface area (Å²) in [5.74, 6) is -0.282. The molecule has 0 atom stereocenters. The van der Waals surface area contributed by atoms with Gasteiger partial charge in [-0.05, 0) is 25.6 Å². The zero-order valence-corrected chi connectivity index (χ0v) is 10.3. The number of carbonyl (C=O) groups excluding carboxylic acids is 1. The molecule has 1 aromatic carbocycles. The first-order valence-electron chi connectivity index (χ1n) is 5.88. The lowest BCUT2D eigenvalue weighted by Crippen LogP contribution is -2.27. The molecule has 0 aromatic heterocycles. The number of hydrogen-bond donors (Lipinski definition) is 2. The summed E-state index contributed by atoms with van der Waals surface area (Å²) < 4.78 is 0. The number of benzene rings is 1. The molecule has 0 heterocycles. The van der Waals surface area contributed by atoms with E-state index in [4.69, 9.17) is 0 Å². The topological polar surface area (TPSA) is 84.3 Å². The van der Waals surface area contributed by atoms with Crippen molar-refractivity contribution in [2.45, 2.75) is 13.3 Å². The van der Waals surface area contributed by atoms with Crippen molar-refractivity contribution < 1.29 is 9.72 Å².